The van der Waals surface area contributed by atoms with E-state index >= 15 is 0 Å². The number of benzene rings is 1. The van der Waals surface area contributed by atoms with Gasteiger partial charge in [0.05, 0.1) is 16.7 Å². The molecule has 0 aliphatic heterocycles. The first kappa shape index (κ1) is 22.2. The number of carbonyl (C=O) groups is 1. The summed E-state index contributed by atoms with van der Waals surface area (Å²) in [4.78, 5) is 20.5. The summed E-state index contributed by atoms with van der Waals surface area (Å²) in [6.45, 7) is 1.94. The Morgan fingerprint density at radius 3 is 2.42 bits per heavy atom. The number of nitrogens with two attached hydrogens (primary N) is 1. The molecule has 0 amide bonds. The average molecular weight is 428 g/mol. The van der Waals surface area contributed by atoms with Gasteiger partial charge in [0.2, 0.25) is 5.78 Å². The summed E-state index contributed by atoms with van der Waals surface area (Å²) in [6.07, 6.45) is -2.98. The third kappa shape index (κ3) is 4.83. The molecule has 4 N–H and O–H groups in total. The Hall–Kier alpha value is -3.46. The van der Waals surface area contributed by atoms with Crippen molar-refractivity contribution in [1.29, 1.82) is 0 Å². The van der Waals surface area contributed by atoms with Crippen LogP contribution < -0.4 is 16.8 Å². The van der Waals surface area contributed by atoms with Crippen molar-refractivity contribution in [2.75, 3.05) is 17.6 Å². The topological polar surface area (TPSA) is 105 Å². The highest BCUT2D eigenvalue weighted by atomic mass is 19.4. The number of ketones is 1. The molecule has 0 fully saturated rings. The molecule has 0 saturated heterocycles. The number of nitrogen functional groups attached to an aromatic ring is 1. The van der Waals surface area contributed by atoms with Crippen LogP contribution >= 0.6 is 0 Å². The number of alkyl halides is 3. The minimum absolute atomic E-state index is 0.0554. The number of nitrogens with one attached hydrogen (secondary N) is 2. The number of anilines is 2. The van der Waals surface area contributed by atoms with Crippen LogP contribution in [0.4, 0.5) is 24.8 Å². The first-order valence-corrected chi connectivity index (χ1v) is 9.53. The molecule has 3 aromatic rings. The van der Waals surface area contributed by atoms with E-state index < -0.39 is 28.8 Å². The molecule has 1 aromatic carbocycles. The van der Waals surface area contributed by atoms with Crippen LogP contribution in [0.5, 0.6) is 0 Å². The quantitative estimate of drug-likeness (QED) is 0.546. The van der Waals surface area contributed by atoms with E-state index in [-0.39, 0.29) is 23.7 Å². The van der Waals surface area contributed by atoms with Crippen LogP contribution in [0.15, 0.2) is 60.8 Å². The number of hydrogen-bond acceptors (Lipinski definition) is 5. The molecule has 2 aromatic heterocycles. The Morgan fingerprint density at radius 1 is 1.10 bits per heavy atom. The Morgan fingerprint density at radius 2 is 1.81 bits per heavy atom. The molecule has 0 aliphatic carbocycles. The van der Waals surface area contributed by atoms with Crippen molar-refractivity contribution in [2.24, 2.45) is 0 Å². The minimum Gasteiger partial charge on any atom is -0.383 e. The number of carbonyl (C=O) groups excluding carboxylic acids is 1. The van der Waals surface area contributed by atoms with Crippen LogP contribution in [-0.2, 0) is 11.7 Å². The Balaban J connectivity index is 1.95. The Bertz CT molecular complexity index is 1070. The van der Waals surface area contributed by atoms with Gasteiger partial charge < -0.3 is 11.1 Å². The van der Waals surface area contributed by atoms with E-state index in [2.05, 4.69) is 15.3 Å². The normalized spacial score (nSPS) is 13.5. The van der Waals surface area contributed by atoms with Gasteiger partial charge in [0.25, 0.3) is 0 Å². The second kappa shape index (κ2) is 8.73. The summed E-state index contributed by atoms with van der Waals surface area (Å²) < 4.78 is 40.6. The summed E-state index contributed by atoms with van der Waals surface area (Å²) in [5, 5.41) is 2.91. The van der Waals surface area contributed by atoms with Gasteiger partial charge in [-0.1, -0.05) is 37.3 Å². The first-order valence-electron chi connectivity index (χ1n) is 9.53. The largest absolute Gasteiger partial charge is 0.418 e. The lowest BCUT2D eigenvalue weighted by atomic mass is 9.88. The van der Waals surface area contributed by atoms with E-state index in [0.717, 1.165) is 17.7 Å². The van der Waals surface area contributed by atoms with E-state index in [0.29, 0.717) is 6.42 Å². The van der Waals surface area contributed by atoms with Gasteiger partial charge in [0, 0.05) is 12.7 Å². The molecule has 1 atom stereocenters. The van der Waals surface area contributed by atoms with Crippen LogP contribution in [-0.4, -0.2) is 22.3 Å². The van der Waals surface area contributed by atoms with Gasteiger partial charge in [-0.25, -0.2) is 15.7 Å². The Kier molecular flexibility index (Phi) is 6.26. The van der Waals surface area contributed by atoms with Crippen molar-refractivity contribution in [3.8, 4) is 0 Å². The van der Waals surface area contributed by atoms with Crippen LogP contribution in [0.3, 0.4) is 0 Å². The Labute approximate surface area is 177 Å². The fraction of sp³-hybridized carbons (Fsp3) is 0.227. The highest BCUT2D eigenvalue weighted by molar-refractivity contribution is 6.11. The van der Waals surface area contributed by atoms with Gasteiger partial charge in [-0.05, 0) is 36.2 Å². The van der Waals surface area contributed by atoms with E-state index in [1.54, 1.807) is 0 Å². The van der Waals surface area contributed by atoms with Crippen LogP contribution in [0.1, 0.15) is 40.5 Å². The number of halogens is 3. The number of aromatic nitrogens is 2. The number of hydrogen-bond donors (Lipinski definition) is 2. The maximum Gasteiger partial charge on any atom is 0.418 e. The van der Waals surface area contributed by atoms with Crippen molar-refractivity contribution < 1.29 is 18.0 Å². The van der Waals surface area contributed by atoms with Gasteiger partial charge in [0.1, 0.15) is 17.3 Å². The third-order valence-electron chi connectivity index (χ3n) is 5.00. The summed E-state index contributed by atoms with van der Waals surface area (Å²) in [6, 6.07) is 13.8. The van der Waals surface area contributed by atoms with Gasteiger partial charge in [0.15, 0.2) is 0 Å². The molecule has 1 radical (unpaired) electrons. The molecule has 0 aliphatic rings. The fourth-order valence-electron chi connectivity index (χ4n) is 3.13. The monoisotopic (exact) mass is 428 g/mol. The number of rotatable bonds is 7. The molecule has 0 saturated carbocycles. The molecule has 6 nitrogen and oxygen atoms in total. The van der Waals surface area contributed by atoms with Crippen molar-refractivity contribution in [3.63, 3.8) is 0 Å². The molecule has 1 unspecified atom stereocenters. The molecule has 9 heteroatoms. The summed E-state index contributed by atoms with van der Waals surface area (Å²) in [5.41, 5.74) is 12.0. The van der Waals surface area contributed by atoms with E-state index in [4.69, 9.17) is 11.5 Å². The van der Waals surface area contributed by atoms with Gasteiger partial charge >= 0.3 is 6.18 Å². The molecule has 161 valence electrons. The minimum atomic E-state index is -4.78. The second-order valence-electron chi connectivity index (χ2n) is 7.01. The summed E-state index contributed by atoms with van der Waals surface area (Å²) in [5.74, 6) is -1.10. The standard InChI is InChI=1S/C22H21F3N5O/c1-2-21(27,14-7-4-3-5-8-14)13-29-17-11-10-16(22(23,24)25)18(30-17)19(31)15-9-6-12-28-20(15)26/h3-12,27H,2,13H2,1H3,(H2,26,28)(H,29,30). The SMILES string of the molecule is CCC([NH])(CNc1ccc(C(F)(F)F)c(C(=O)c2cccnc2N)n1)c1ccccc1. The van der Waals surface area contributed by atoms with Crippen molar-refractivity contribution >= 4 is 17.4 Å². The number of nitrogens with zero attached hydrogens (tertiary/aromatic N) is 2. The van der Waals surface area contributed by atoms with Crippen LogP contribution in [0.25, 0.3) is 0 Å². The molecule has 3 rings (SSSR count). The molecular formula is C22H21F3N5O. The van der Waals surface area contributed by atoms with Gasteiger partial charge in [-0.15, -0.1) is 0 Å². The summed E-state index contributed by atoms with van der Waals surface area (Å²) in [7, 11) is 0. The van der Waals surface area contributed by atoms with Crippen LogP contribution in [0.2, 0.25) is 0 Å². The lowest BCUT2D eigenvalue weighted by molar-refractivity contribution is -0.138. The highest BCUT2D eigenvalue weighted by Gasteiger charge is 2.37. The van der Waals surface area contributed by atoms with Gasteiger partial charge in [-0.3, -0.25) is 4.79 Å². The zero-order valence-electron chi connectivity index (χ0n) is 16.7. The first-order chi connectivity index (χ1) is 14.7. The zero-order chi connectivity index (χ0) is 22.6. The predicted molar refractivity (Wildman–Crippen MR) is 111 cm³/mol. The number of pyridine rings is 2. The third-order valence-corrected chi connectivity index (χ3v) is 5.00. The molecule has 31 heavy (non-hydrogen) atoms. The van der Waals surface area contributed by atoms with Crippen molar-refractivity contribution in [2.45, 2.75) is 25.1 Å². The van der Waals surface area contributed by atoms with Crippen molar-refractivity contribution in [3.05, 3.63) is 83.2 Å². The lowest BCUT2D eigenvalue weighted by Crippen LogP contribution is -2.35. The average Bonchev–Trinajstić information content (AvgIpc) is 2.77. The van der Waals surface area contributed by atoms with E-state index in [1.165, 1.54) is 18.3 Å². The second-order valence-corrected chi connectivity index (χ2v) is 7.01. The molecule has 0 spiro atoms. The zero-order valence-corrected chi connectivity index (χ0v) is 16.7. The molecular weight excluding hydrogens is 407 g/mol. The maximum atomic E-state index is 13.5. The summed E-state index contributed by atoms with van der Waals surface area (Å²) >= 11 is 0. The van der Waals surface area contributed by atoms with Crippen LogP contribution in [0, 0.1) is 0 Å². The maximum absolute atomic E-state index is 13.5. The van der Waals surface area contributed by atoms with E-state index in [9.17, 15) is 18.0 Å². The van der Waals surface area contributed by atoms with Crippen molar-refractivity contribution in [1.82, 2.24) is 15.7 Å². The van der Waals surface area contributed by atoms with Gasteiger partial charge in [-0.2, -0.15) is 13.2 Å². The lowest BCUT2D eigenvalue weighted by Gasteiger charge is -2.28. The molecule has 0 bridgehead atoms. The smallest absolute Gasteiger partial charge is 0.383 e. The molecule has 2 heterocycles. The highest BCUT2D eigenvalue weighted by Crippen LogP contribution is 2.34. The fourth-order valence-corrected chi connectivity index (χ4v) is 3.13. The predicted octanol–water partition coefficient (Wildman–Crippen LogP) is 4.31. The van der Waals surface area contributed by atoms with E-state index in [1.807, 2.05) is 37.3 Å².